The van der Waals surface area contributed by atoms with E-state index in [9.17, 15) is 14.0 Å². The smallest absolute Gasteiger partial charge is 0.270 e. The van der Waals surface area contributed by atoms with Crippen LogP contribution in [0.4, 0.5) is 4.39 Å². The summed E-state index contributed by atoms with van der Waals surface area (Å²) in [5, 5.41) is 18.7. The van der Waals surface area contributed by atoms with Gasteiger partial charge in [-0.3, -0.25) is 9.59 Å². The third-order valence-electron chi connectivity index (χ3n) is 6.24. The minimum absolute atomic E-state index is 0.0115. The number of rotatable bonds is 8. The van der Waals surface area contributed by atoms with Gasteiger partial charge in [-0.05, 0) is 73.6 Å². The van der Waals surface area contributed by atoms with E-state index in [2.05, 4.69) is 31.0 Å². The van der Waals surface area contributed by atoms with Gasteiger partial charge in [0.1, 0.15) is 5.69 Å². The number of aryl methyl sites for hydroxylation is 1. The standard InChI is InChI=1S/C25H30FN7O3/c1-15-10-19(12-22(28-15)25(35)27-13-18-6-9-21(26)23(11-18)36-3)24-30-32-33(31-24)14-17-4-7-20(8-5-17)29-16(2)34/h6,9-12,17,20H,4-5,7-8,13-14H2,1-3H3,(H,27,35)(H,29,34)/t17-,20-. The molecule has 1 aliphatic rings. The van der Waals surface area contributed by atoms with Crippen molar-refractivity contribution in [3.63, 3.8) is 0 Å². The van der Waals surface area contributed by atoms with Crippen molar-refractivity contribution in [1.82, 2.24) is 35.8 Å². The third-order valence-corrected chi connectivity index (χ3v) is 6.24. The first-order valence-electron chi connectivity index (χ1n) is 12.0. The second-order valence-corrected chi connectivity index (χ2v) is 9.12. The number of aromatic nitrogens is 5. The van der Waals surface area contributed by atoms with Gasteiger partial charge in [-0.15, -0.1) is 10.2 Å². The van der Waals surface area contributed by atoms with Crippen molar-refractivity contribution in [1.29, 1.82) is 0 Å². The number of carbonyl (C=O) groups is 2. The number of ether oxygens (including phenoxy) is 1. The molecular weight excluding hydrogens is 465 g/mol. The molecule has 0 bridgehead atoms. The molecule has 1 fully saturated rings. The minimum Gasteiger partial charge on any atom is -0.494 e. The Balaban J connectivity index is 1.38. The Morgan fingerprint density at radius 2 is 1.94 bits per heavy atom. The Morgan fingerprint density at radius 3 is 2.67 bits per heavy atom. The monoisotopic (exact) mass is 495 g/mol. The van der Waals surface area contributed by atoms with Crippen LogP contribution < -0.4 is 15.4 Å². The average molecular weight is 496 g/mol. The van der Waals surface area contributed by atoms with Gasteiger partial charge in [0.2, 0.25) is 11.7 Å². The van der Waals surface area contributed by atoms with Gasteiger partial charge in [-0.2, -0.15) is 4.80 Å². The molecule has 3 aromatic rings. The quantitative estimate of drug-likeness (QED) is 0.492. The Bertz CT molecular complexity index is 1240. The molecule has 0 aliphatic heterocycles. The second-order valence-electron chi connectivity index (χ2n) is 9.12. The minimum atomic E-state index is -0.462. The number of hydrogen-bond donors (Lipinski definition) is 2. The highest BCUT2D eigenvalue weighted by Crippen LogP contribution is 2.26. The maximum Gasteiger partial charge on any atom is 0.270 e. The van der Waals surface area contributed by atoms with Crippen LogP contribution in [0.5, 0.6) is 5.75 Å². The number of nitrogens with one attached hydrogen (secondary N) is 2. The Kier molecular flexibility index (Phi) is 7.87. The highest BCUT2D eigenvalue weighted by atomic mass is 19.1. The van der Waals surface area contributed by atoms with Crippen molar-refractivity contribution in [2.24, 2.45) is 5.92 Å². The molecule has 1 saturated carbocycles. The number of benzene rings is 1. The molecule has 36 heavy (non-hydrogen) atoms. The highest BCUT2D eigenvalue weighted by Gasteiger charge is 2.23. The van der Waals surface area contributed by atoms with Crippen molar-refractivity contribution in [2.45, 2.75) is 58.7 Å². The fourth-order valence-electron chi connectivity index (χ4n) is 4.44. The van der Waals surface area contributed by atoms with E-state index in [4.69, 9.17) is 4.74 Å². The lowest BCUT2D eigenvalue weighted by Gasteiger charge is -2.28. The zero-order valence-corrected chi connectivity index (χ0v) is 20.6. The molecule has 0 atom stereocenters. The maximum atomic E-state index is 13.6. The largest absolute Gasteiger partial charge is 0.494 e. The predicted molar refractivity (Wildman–Crippen MR) is 129 cm³/mol. The van der Waals surface area contributed by atoms with E-state index >= 15 is 0 Å². The number of nitrogens with zero attached hydrogens (tertiary/aromatic N) is 5. The van der Waals surface area contributed by atoms with Crippen LogP contribution in [0.3, 0.4) is 0 Å². The summed E-state index contributed by atoms with van der Waals surface area (Å²) >= 11 is 0. The fraction of sp³-hybridized carbons (Fsp3) is 0.440. The number of tetrazole rings is 1. The molecule has 0 unspecified atom stereocenters. The lowest BCUT2D eigenvalue weighted by atomic mass is 9.86. The first-order valence-corrected chi connectivity index (χ1v) is 12.0. The Hall–Kier alpha value is -3.89. The molecule has 2 amide bonds. The average Bonchev–Trinajstić information content (AvgIpc) is 3.32. The fourth-order valence-corrected chi connectivity index (χ4v) is 4.44. The van der Waals surface area contributed by atoms with Crippen LogP contribution in [-0.4, -0.2) is 50.2 Å². The summed E-state index contributed by atoms with van der Waals surface area (Å²) < 4.78 is 18.6. The molecule has 1 aromatic carbocycles. The zero-order chi connectivity index (χ0) is 25.7. The second kappa shape index (κ2) is 11.2. The van der Waals surface area contributed by atoms with Crippen LogP contribution in [0.2, 0.25) is 0 Å². The van der Waals surface area contributed by atoms with Crippen molar-refractivity contribution in [3.05, 3.63) is 53.1 Å². The molecule has 0 saturated heterocycles. The predicted octanol–water partition coefficient (Wildman–Crippen LogP) is 2.82. The van der Waals surface area contributed by atoms with Crippen LogP contribution in [-0.2, 0) is 17.9 Å². The Morgan fingerprint density at radius 1 is 1.17 bits per heavy atom. The SMILES string of the molecule is COc1cc(CNC(=O)c2cc(-c3nnn(C[C@H]4CC[C@H](NC(C)=O)CC4)n3)cc(C)n2)ccc1F. The summed E-state index contributed by atoms with van der Waals surface area (Å²) in [7, 11) is 1.39. The first-order chi connectivity index (χ1) is 17.3. The van der Waals surface area contributed by atoms with E-state index in [1.807, 2.05) is 6.07 Å². The van der Waals surface area contributed by atoms with Gasteiger partial charge < -0.3 is 15.4 Å². The van der Waals surface area contributed by atoms with Crippen molar-refractivity contribution >= 4 is 11.8 Å². The summed E-state index contributed by atoms with van der Waals surface area (Å²) in [4.78, 5) is 30.0. The molecule has 190 valence electrons. The molecule has 1 aliphatic carbocycles. The number of carbonyl (C=O) groups excluding carboxylic acids is 2. The topological polar surface area (TPSA) is 124 Å². The van der Waals surface area contributed by atoms with E-state index in [1.54, 1.807) is 36.8 Å². The summed E-state index contributed by atoms with van der Waals surface area (Å²) in [6.07, 6.45) is 3.86. The van der Waals surface area contributed by atoms with Crippen LogP contribution in [0, 0.1) is 18.7 Å². The van der Waals surface area contributed by atoms with Crippen LogP contribution in [0.1, 0.15) is 54.4 Å². The van der Waals surface area contributed by atoms with Crippen molar-refractivity contribution in [2.75, 3.05) is 7.11 Å². The van der Waals surface area contributed by atoms with Crippen molar-refractivity contribution in [3.8, 4) is 17.1 Å². The van der Waals surface area contributed by atoms with E-state index < -0.39 is 5.82 Å². The summed E-state index contributed by atoms with van der Waals surface area (Å²) in [6, 6.07) is 8.11. The number of hydrogen-bond acceptors (Lipinski definition) is 7. The van der Waals surface area contributed by atoms with E-state index in [-0.39, 0.29) is 35.8 Å². The highest BCUT2D eigenvalue weighted by molar-refractivity contribution is 5.93. The normalized spacial score (nSPS) is 17.4. The molecular formula is C25H30FN7O3. The first kappa shape index (κ1) is 25.2. The lowest BCUT2D eigenvalue weighted by Crippen LogP contribution is -2.36. The van der Waals surface area contributed by atoms with E-state index in [0.29, 0.717) is 35.1 Å². The van der Waals surface area contributed by atoms with E-state index in [1.165, 1.54) is 13.2 Å². The molecule has 2 aromatic heterocycles. The molecule has 2 heterocycles. The van der Waals surface area contributed by atoms with Gasteiger partial charge in [0.05, 0.1) is 13.7 Å². The number of halogens is 1. The maximum absolute atomic E-state index is 13.6. The number of methoxy groups -OCH3 is 1. The molecule has 11 heteroatoms. The lowest BCUT2D eigenvalue weighted by molar-refractivity contribution is -0.119. The van der Waals surface area contributed by atoms with Gasteiger partial charge in [-0.1, -0.05) is 6.07 Å². The van der Waals surface area contributed by atoms with Crippen LogP contribution in [0.15, 0.2) is 30.3 Å². The molecule has 4 rings (SSSR count). The van der Waals surface area contributed by atoms with Crippen LogP contribution >= 0.6 is 0 Å². The van der Waals surface area contributed by atoms with Gasteiger partial charge in [0.15, 0.2) is 11.6 Å². The summed E-state index contributed by atoms with van der Waals surface area (Å²) in [5.74, 6) is 0.139. The molecule has 0 radical (unpaired) electrons. The van der Waals surface area contributed by atoms with Crippen molar-refractivity contribution < 1.29 is 18.7 Å². The zero-order valence-electron chi connectivity index (χ0n) is 20.6. The van der Waals surface area contributed by atoms with Crippen LogP contribution in [0.25, 0.3) is 11.4 Å². The number of amides is 2. The summed E-state index contributed by atoms with van der Waals surface area (Å²) in [5.41, 5.74) is 2.22. The van der Waals surface area contributed by atoms with Gasteiger partial charge in [0.25, 0.3) is 5.91 Å². The summed E-state index contributed by atoms with van der Waals surface area (Å²) in [6.45, 7) is 4.19. The van der Waals surface area contributed by atoms with E-state index in [0.717, 1.165) is 25.7 Å². The molecule has 0 spiro atoms. The van der Waals surface area contributed by atoms with Gasteiger partial charge >= 0.3 is 0 Å². The van der Waals surface area contributed by atoms with Gasteiger partial charge in [0, 0.05) is 30.8 Å². The van der Waals surface area contributed by atoms with Gasteiger partial charge in [-0.25, -0.2) is 9.37 Å². The molecule has 2 N–H and O–H groups in total. The molecule has 10 nitrogen and oxygen atoms in total. The number of pyridine rings is 1. The Labute approximate surface area is 208 Å². The third kappa shape index (κ3) is 6.41.